The fourth-order valence-electron chi connectivity index (χ4n) is 1.13. The minimum absolute atomic E-state index is 0.00622. The lowest BCUT2D eigenvalue weighted by atomic mass is 10.1. The van der Waals surface area contributed by atoms with Gasteiger partial charge >= 0.3 is 0 Å². The van der Waals surface area contributed by atoms with Crippen LogP contribution in [0.3, 0.4) is 0 Å². The summed E-state index contributed by atoms with van der Waals surface area (Å²) >= 11 is 1.29. The fourth-order valence-corrected chi connectivity index (χ4v) is 1.89. The van der Waals surface area contributed by atoms with E-state index in [0.717, 1.165) is 0 Å². The van der Waals surface area contributed by atoms with Gasteiger partial charge in [-0.05, 0) is 0 Å². The van der Waals surface area contributed by atoms with E-state index in [9.17, 15) is 24.6 Å². The Morgan fingerprint density at radius 2 is 1.95 bits per heavy atom. The van der Waals surface area contributed by atoms with Gasteiger partial charge in [-0.15, -0.1) is 6.58 Å². The zero-order valence-corrected chi connectivity index (χ0v) is 11.2. The molecule has 0 heterocycles. The van der Waals surface area contributed by atoms with E-state index in [1.807, 2.05) is 0 Å². The van der Waals surface area contributed by atoms with Crippen molar-refractivity contribution in [2.45, 2.75) is 24.9 Å². The van der Waals surface area contributed by atoms with E-state index < -0.39 is 29.9 Å². The highest BCUT2D eigenvalue weighted by atomic mass is 32.2. The topological polar surface area (TPSA) is 137 Å². The molecule has 2 atom stereocenters. The molecule has 0 fully saturated rings. The van der Waals surface area contributed by atoms with Crippen LogP contribution in [-0.4, -0.2) is 41.4 Å². The van der Waals surface area contributed by atoms with Crippen molar-refractivity contribution in [1.82, 2.24) is 5.32 Å². The molecule has 0 aromatic rings. The maximum absolute atomic E-state index is 11.4. The van der Waals surface area contributed by atoms with E-state index in [-0.39, 0.29) is 18.6 Å². The zero-order chi connectivity index (χ0) is 14.8. The van der Waals surface area contributed by atoms with E-state index in [2.05, 4.69) is 17.6 Å². The standard InChI is InChI=1S/C11H18N2O5S/c1-2-5-19-6-8(11(17)18)13-9(14)4-3-7(12)10(15)16/h2,7-8H,1,3-6,12H2,(H,13,14)(H,15,16)(H,17,18)/p-1/t7-,8-/m0/s1. The second-order valence-electron chi connectivity index (χ2n) is 3.82. The van der Waals surface area contributed by atoms with Crippen LogP contribution in [-0.2, 0) is 14.4 Å². The summed E-state index contributed by atoms with van der Waals surface area (Å²) in [7, 11) is 0. The van der Waals surface area contributed by atoms with Crippen molar-refractivity contribution in [3.8, 4) is 0 Å². The van der Waals surface area contributed by atoms with Gasteiger partial charge in [0.1, 0.15) is 6.04 Å². The molecule has 1 amide bonds. The molecule has 0 aromatic heterocycles. The molecule has 19 heavy (non-hydrogen) atoms. The minimum Gasteiger partial charge on any atom is -0.548 e. The number of hydrogen-bond acceptors (Lipinski definition) is 6. The van der Waals surface area contributed by atoms with Gasteiger partial charge in [0.05, 0.1) is 18.0 Å². The predicted octanol–water partition coefficient (Wildman–Crippen LogP) is -3.72. The number of aliphatic carboxylic acids is 2. The van der Waals surface area contributed by atoms with Crippen LogP contribution in [0.25, 0.3) is 0 Å². The first-order valence-electron chi connectivity index (χ1n) is 5.61. The summed E-state index contributed by atoms with van der Waals surface area (Å²) in [6, 6.07) is -2.11. The third-order valence-electron chi connectivity index (χ3n) is 2.19. The number of nitrogens with one attached hydrogen (secondary N) is 1. The van der Waals surface area contributed by atoms with Crippen molar-refractivity contribution in [2.75, 3.05) is 11.5 Å². The maximum atomic E-state index is 11.4. The summed E-state index contributed by atoms with van der Waals surface area (Å²) in [6.07, 6.45) is 1.48. The Kier molecular flexibility index (Phi) is 8.64. The van der Waals surface area contributed by atoms with Crippen molar-refractivity contribution >= 4 is 29.6 Å². The van der Waals surface area contributed by atoms with Gasteiger partial charge in [-0.3, -0.25) is 4.79 Å². The fraction of sp³-hybridized carbons (Fsp3) is 0.545. The Balaban J connectivity index is 4.13. The Morgan fingerprint density at radius 3 is 2.42 bits per heavy atom. The van der Waals surface area contributed by atoms with Crippen molar-refractivity contribution in [3.63, 3.8) is 0 Å². The monoisotopic (exact) mass is 289 g/mol. The average Bonchev–Trinajstić information content (AvgIpc) is 2.34. The highest BCUT2D eigenvalue weighted by molar-refractivity contribution is 7.99. The molecule has 0 saturated carbocycles. The number of carboxylic acid groups (broad SMARTS) is 2. The second-order valence-corrected chi connectivity index (χ2v) is 4.89. The van der Waals surface area contributed by atoms with Crippen LogP contribution in [0, 0.1) is 0 Å². The van der Waals surface area contributed by atoms with Gasteiger partial charge in [-0.25, -0.2) is 0 Å². The Hall–Kier alpha value is -1.54. The number of carbonyl (C=O) groups is 3. The molecule has 0 rings (SSSR count). The summed E-state index contributed by atoms with van der Waals surface area (Å²) in [5.74, 6) is -2.55. The molecule has 0 saturated heterocycles. The summed E-state index contributed by atoms with van der Waals surface area (Å²) < 4.78 is 0. The van der Waals surface area contributed by atoms with Crippen molar-refractivity contribution < 1.29 is 30.3 Å². The molecule has 0 aliphatic rings. The summed E-state index contributed by atoms with van der Waals surface area (Å²) in [5, 5.41) is 23.5. The number of thioether (sulfide) groups is 1. The highest BCUT2D eigenvalue weighted by Gasteiger charge is 2.15. The minimum atomic E-state index is -1.38. The molecular weight excluding hydrogens is 272 g/mol. The van der Waals surface area contributed by atoms with E-state index in [0.29, 0.717) is 5.75 Å². The van der Waals surface area contributed by atoms with Crippen LogP contribution in [0.1, 0.15) is 12.8 Å². The molecule has 0 aliphatic heterocycles. The summed E-state index contributed by atoms with van der Waals surface area (Å²) in [6.45, 7) is 3.49. The van der Waals surface area contributed by atoms with E-state index in [4.69, 9.17) is 0 Å². The molecule has 108 valence electrons. The smallest absolute Gasteiger partial charge is 0.220 e. The van der Waals surface area contributed by atoms with Gasteiger partial charge in [0.15, 0.2) is 0 Å². The summed E-state index contributed by atoms with van der Waals surface area (Å²) in [5.41, 5.74) is 3.30. The molecule has 0 unspecified atom stereocenters. The molecule has 0 aliphatic carbocycles. The first-order valence-corrected chi connectivity index (χ1v) is 6.76. The predicted molar refractivity (Wildman–Crippen MR) is 65.4 cm³/mol. The van der Waals surface area contributed by atoms with Crippen molar-refractivity contribution in [1.29, 1.82) is 0 Å². The van der Waals surface area contributed by atoms with Gasteiger partial charge in [0, 0.05) is 24.3 Å². The van der Waals surface area contributed by atoms with Gasteiger partial charge in [0.2, 0.25) is 5.91 Å². The Labute approximate surface area is 115 Å². The van der Waals surface area contributed by atoms with Crippen molar-refractivity contribution in [3.05, 3.63) is 12.7 Å². The second kappa shape index (κ2) is 9.40. The number of quaternary nitrogens is 1. The van der Waals surface area contributed by atoms with Crippen LogP contribution >= 0.6 is 11.8 Å². The first-order chi connectivity index (χ1) is 8.88. The molecular formula is C11H17N2O5S-. The average molecular weight is 289 g/mol. The lowest BCUT2D eigenvalue weighted by Crippen LogP contribution is -2.68. The maximum Gasteiger partial charge on any atom is 0.220 e. The number of carbonyl (C=O) groups excluding carboxylic acids is 3. The normalized spacial score (nSPS) is 13.3. The molecule has 0 aromatic carbocycles. The van der Waals surface area contributed by atoms with Crippen LogP contribution in [0.5, 0.6) is 0 Å². The molecule has 8 heteroatoms. The van der Waals surface area contributed by atoms with Crippen LogP contribution in [0.15, 0.2) is 12.7 Å². The van der Waals surface area contributed by atoms with Gasteiger partial charge < -0.3 is 30.9 Å². The number of hydrogen-bond donors (Lipinski definition) is 2. The van der Waals surface area contributed by atoms with E-state index in [1.165, 1.54) is 11.8 Å². The van der Waals surface area contributed by atoms with Crippen LogP contribution in [0.4, 0.5) is 0 Å². The molecule has 0 bridgehead atoms. The van der Waals surface area contributed by atoms with Crippen molar-refractivity contribution in [2.24, 2.45) is 0 Å². The van der Waals surface area contributed by atoms with Gasteiger partial charge in [-0.1, -0.05) is 6.08 Å². The number of amides is 1. The third kappa shape index (κ3) is 8.22. The molecule has 4 N–H and O–H groups in total. The largest absolute Gasteiger partial charge is 0.548 e. The quantitative estimate of drug-likeness (QED) is 0.313. The van der Waals surface area contributed by atoms with Gasteiger partial charge in [0.25, 0.3) is 0 Å². The number of rotatable bonds is 10. The molecule has 0 radical (unpaired) electrons. The summed E-state index contributed by atoms with van der Waals surface area (Å²) in [4.78, 5) is 32.6. The first kappa shape index (κ1) is 17.5. The van der Waals surface area contributed by atoms with Crippen LogP contribution < -0.4 is 21.3 Å². The Bertz CT molecular complexity index is 348. The van der Waals surface area contributed by atoms with Crippen LogP contribution in [0.2, 0.25) is 0 Å². The zero-order valence-electron chi connectivity index (χ0n) is 10.4. The SMILES string of the molecule is C=CCSC[C@H](NC(=O)CC[C@H]([NH3+])C(=O)[O-])C(=O)[O-]. The molecule has 7 nitrogen and oxygen atoms in total. The lowest BCUT2D eigenvalue weighted by molar-refractivity contribution is -0.438. The number of carboxylic acids is 2. The highest BCUT2D eigenvalue weighted by Crippen LogP contribution is 2.03. The lowest BCUT2D eigenvalue weighted by Gasteiger charge is -2.19. The van der Waals surface area contributed by atoms with Gasteiger partial charge in [-0.2, -0.15) is 11.8 Å². The molecule has 0 spiro atoms. The Morgan fingerprint density at radius 1 is 1.32 bits per heavy atom. The van der Waals surface area contributed by atoms with E-state index >= 15 is 0 Å². The van der Waals surface area contributed by atoms with E-state index in [1.54, 1.807) is 6.08 Å². The third-order valence-corrected chi connectivity index (χ3v) is 3.23.